The Morgan fingerprint density at radius 2 is 2.04 bits per heavy atom. The molecule has 2 N–H and O–H groups in total. The van der Waals surface area contributed by atoms with Gasteiger partial charge in [-0.2, -0.15) is 5.10 Å². The third-order valence-electron chi connectivity index (χ3n) is 5.34. The predicted octanol–water partition coefficient (Wildman–Crippen LogP) is 3.84. The minimum atomic E-state index is -0.443. The third-order valence-corrected chi connectivity index (χ3v) is 5.34. The van der Waals surface area contributed by atoms with Gasteiger partial charge in [0.1, 0.15) is 12.0 Å². The Morgan fingerprint density at radius 1 is 1.30 bits per heavy atom. The topological polar surface area (TPSA) is 86.9 Å². The molecule has 0 aliphatic heterocycles. The smallest absolute Gasteiger partial charge is 0.248 e. The van der Waals surface area contributed by atoms with Crippen LogP contribution in [0, 0.1) is 5.41 Å². The molecule has 6 heteroatoms. The van der Waals surface area contributed by atoms with Crippen LogP contribution in [0.2, 0.25) is 0 Å². The summed E-state index contributed by atoms with van der Waals surface area (Å²) in [4.78, 5) is 15.9. The molecule has 0 spiro atoms. The second-order valence-electron chi connectivity index (χ2n) is 7.91. The van der Waals surface area contributed by atoms with Gasteiger partial charge in [-0.15, -0.1) is 0 Å². The number of benzene rings is 1. The maximum Gasteiger partial charge on any atom is 0.248 e. The number of hydrogen-bond acceptors (Lipinski definition) is 4. The monoisotopic (exact) mass is 364 g/mol. The van der Waals surface area contributed by atoms with Crippen LogP contribution in [-0.2, 0) is 19.4 Å². The Kier molecular flexibility index (Phi) is 4.13. The van der Waals surface area contributed by atoms with E-state index in [-0.39, 0.29) is 0 Å². The quantitative estimate of drug-likeness (QED) is 0.762. The number of aryl methyl sites for hydroxylation is 1. The van der Waals surface area contributed by atoms with Crippen molar-refractivity contribution in [1.82, 2.24) is 14.8 Å². The van der Waals surface area contributed by atoms with Crippen molar-refractivity contribution in [2.45, 2.75) is 46.6 Å². The first kappa shape index (κ1) is 17.5. The van der Waals surface area contributed by atoms with Crippen LogP contribution in [0.1, 0.15) is 48.8 Å². The van der Waals surface area contributed by atoms with Gasteiger partial charge >= 0.3 is 0 Å². The maximum atomic E-state index is 11.2. The van der Waals surface area contributed by atoms with E-state index < -0.39 is 5.91 Å². The highest BCUT2D eigenvalue weighted by Gasteiger charge is 2.32. The summed E-state index contributed by atoms with van der Waals surface area (Å²) in [5.74, 6) is 0.106. The van der Waals surface area contributed by atoms with Crippen molar-refractivity contribution in [2.75, 3.05) is 0 Å². The van der Waals surface area contributed by atoms with Gasteiger partial charge in [0.05, 0.1) is 0 Å². The lowest BCUT2D eigenvalue weighted by atomic mass is 9.76. The van der Waals surface area contributed by atoms with Gasteiger partial charge in [-0.25, -0.2) is 4.98 Å². The molecule has 3 aromatic rings. The zero-order valence-electron chi connectivity index (χ0n) is 16.0. The number of aromatic nitrogens is 3. The maximum absolute atomic E-state index is 11.2. The molecule has 140 valence electrons. The van der Waals surface area contributed by atoms with E-state index in [1.807, 2.05) is 12.1 Å². The standard InChI is InChI=1S/C21H24N4O2/c1-4-25-17-11-21(2,3)10-9-15(17)18(24-25)20-23-16(12-27-20)13-5-7-14(8-6-13)19(22)26/h5-8,12H,4,9-11H2,1-3H3,(H2,22,26). The van der Waals surface area contributed by atoms with Crippen LogP contribution in [0.5, 0.6) is 0 Å². The van der Waals surface area contributed by atoms with E-state index in [9.17, 15) is 4.79 Å². The summed E-state index contributed by atoms with van der Waals surface area (Å²) in [6.45, 7) is 7.56. The van der Waals surface area contributed by atoms with Crippen LogP contribution >= 0.6 is 0 Å². The Morgan fingerprint density at radius 3 is 2.70 bits per heavy atom. The highest BCUT2D eigenvalue weighted by atomic mass is 16.3. The summed E-state index contributed by atoms with van der Waals surface area (Å²) in [5, 5.41) is 4.79. The summed E-state index contributed by atoms with van der Waals surface area (Å²) in [7, 11) is 0. The minimum Gasteiger partial charge on any atom is -0.443 e. The minimum absolute atomic E-state index is 0.293. The highest BCUT2D eigenvalue weighted by molar-refractivity contribution is 5.93. The number of primary amides is 1. The molecule has 0 bridgehead atoms. The lowest BCUT2D eigenvalue weighted by Crippen LogP contribution is -2.24. The Bertz CT molecular complexity index is 996. The second-order valence-corrected chi connectivity index (χ2v) is 7.91. The van der Waals surface area contributed by atoms with E-state index in [2.05, 4.69) is 30.4 Å². The number of oxazole rings is 1. The van der Waals surface area contributed by atoms with Gasteiger partial charge in [-0.1, -0.05) is 26.0 Å². The molecule has 4 rings (SSSR count). The first-order chi connectivity index (χ1) is 12.9. The number of carbonyl (C=O) groups is 1. The van der Waals surface area contributed by atoms with E-state index in [0.29, 0.717) is 16.9 Å². The Labute approximate surface area is 158 Å². The van der Waals surface area contributed by atoms with E-state index in [0.717, 1.165) is 42.8 Å². The van der Waals surface area contributed by atoms with Crippen molar-refractivity contribution < 1.29 is 9.21 Å². The average Bonchev–Trinajstić information content (AvgIpc) is 3.25. The molecule has 2 aromatic heterocycles. The number of nitrogens with zero attached hydrogens (tertiary/aromatic N) is 3. The third kappa shape index (κ3) is 3.16. The second kappa shape index (κ2) is 6.37. The predicted molar refractivity (Wildman–Crippen MR) is 103 cm³/mol. The molecule has 0 unspecified atom stereocenters. The Balaban J connectivity index is 1.70. The number of carbonyl (C=O) groups excluding carboxylic acids is 1. The lowest BCUT2D eigenvalue weighted by Gasteiger charge is -2.30. The molecule has 1 amide bonds. The van der Waals surface area contributed by atoms with Crippen LogP contribution in [-0.4, -0.2) is 20.7 Å². The van der Waals surface area contributed by atoms with E-state index >= 15 is 0 Å². The van der Waals surface area contributed by atoms with Crippen molar-refractivity contribution in [3.63, 3.8) is 0 Å². The molecular formula is C21H24N4O2. The van der Waals surface area contributed by atoms with Gasteiger partial charge in [0, 0.05) is 28.9 Å². The van der Waals surface area contributed by atoms with Crippen LogP contribution < -0.4 is 5.73 Å². The average molecular weight is 364 g/mol. The van der Waals surface area contributed by atoms with Crippen LogP contribution in [0.25, 0.3) is 22.8 Å². The van der Waals surface area contributed by atoms with Gasteiger partial charge in [0.25, 0.3) is 0 Å². The number of rotatable bonds is 4. The SMILES string of the molecule is CCn1nc(-c2nc(-c3ccc(C(N)=O)cc3)co2)c2c1CC(C)(C)CC2. The zero-order valence-corrected chi connectivity index (χ0v) is 16.0. The van der Waals surface area contributed by atoms with Crippen molar-refractivity contribution in [3.8, 4) is 22.8 Å². The van der Waals surface area contributed by atoms with Crippen LogP contribution in [0.3, 0.4) is 0 Å². The van der Waals surface area contributed by atoms with Gasteiger partial charge in [-0.05, 0) is 43.7 Å². The van der Waals surface area contributed by atoms with Gasteiger partial charge < -0.3 is 10.2 Å². The number of amides is 1. The summed E-state index contributed by atoms with van der Waals surface area (Å²) in [6, 6.07) is 7.04. The molecule has 6 nitrogen and oxygen atoms in total. The molecule has 2 heterocycles. The molecule has 27 heavy (non-hydrogen) atoms. The first-order valence-electron chi connectivity index (χ1n) is 9.32. The van der Waals surface area contributed by atoms with E-state index in [1.165, 1.54) is 11.3 Å². The van der Waals surface area contributed by atoms with Gasteiger partial charge in [-0.3, -0.25) is 9.48 Å². The molecule has 0 radical (unpaired) electrons. The fourth-order valence-corrected chi connectivity index (χ4v) is 3.75. The van der Waals surface area contributed by atoms with E-state index in [1.54, 1.807) is 18.4 Å². The molecule has 0 saturated carbocycles. The summed E-state index contributed by atoms with van der Waals surface area (Å²) in [5.41, 5.74) is 11.1. The molecule has 1 aliphatic carbocycles. The van der Waals surface area contributed by atoms with Gasteiger partial charge in [0.2, 0.25) is 11.8 Å². The summed E-state index contributed by atoms with van der Waals surface area (Å²) < 4.78 is 7.86. The molecule has 1 aliphatic rings. The normalized spacial score (nSPS) is 15.5. The van der Waals surface area contributed by atoms with Crippen molar-refractivity contribution in [2.24, 2.45) is 11.1 Å². The summed E-state index contributed by atoms with van der Waals surface area (Å²) >= 11 is 0. The summed E-state index contributed by atoms with van der Waals surface area (Å²) in [6.07, 6.45) is 4.78. The van der Waals surface area contributed by atoms with E-state index in [4.69, 9.17) is 15.2 Å². The lowest BCUT2D eigenvalue weighted by molar-refractivity contribution is 0.100. The van der Waals surface area contributed by atoms with Crippen molar-refractivity contribution in [1.29, 1.82) is 0 Å². The first-order valence-corrected chi connectivity index (χ1v) is 9.32. The Hall–Kier alpha value is -2.89. The van der Waals surface area contributed by atoms with Crippen LogP contribution in [0.4, 0.5) is 0 Å². The fourth-order valence-electron chi connectivity index (χ4n) is 3.75. The number of fused-ring (bicyclic) bond motifs is 1. The van der Waals surface area contributed by atoms with Crippen LogP contribution in [0.15, 0.2) is 34.9 Å². The van der Waals surface area contributed by atoms with Gasteiger partial charge in [0.15, 0.2) is 5.69 Å². The number of nitrogens with two attached hydrogens (primary N) is 1. The molecular weight excluding hydrogens is 340 g/mol. The molecule has 1 aromatic carbocycles. The molecule has 0 saturated heterocycles. The van der Waals surface area contributed by atoms with Crippen molar-refractivity contribution in [3.05, 3.63) is 47.3 Å². The largest absolute Gasteiger partial charge is 0.443 e. The number of hydrogen-bond donors (Lipinski definition) is 1. The fraction of sp³-hybridized carbons (Fsp3) is 0.381. The molecule has 0 atom stereocenters. The molecule has 0 fully saturated rings. The van der Waals surface area contributed by atoms with Crippen molar-refractivity contribution >= 4 is 5.91 Å². The highest BCUT2D eigenvalue weighted by Crippen LogP contribution is 2.39. The zero-order chi connectivity index (χ0) is 19.2.